The molecule has 0 atom stereocenters. The quantitative estimate of drug-likeness (QED) is 0.0526. The molecule has 0 aromatic heterocycles. The highest BCUT2D eigenvalue weighted by atomic mass is 19.3. The minimum absolute atomic E-state index is 0.118. The third-order valence-corrected chi connectivity index (χ3v) is 10.8. The minimum atomic E-state index is -4.75. The number of rotatable bonds is 19. The van der Waals surface area contributed by atoms with Gasteiger partial charge in [-0.3, -0.25) is 0 Å². The van der Waals surface area contributed by atoms with Crippen molar-refractivity contribution in [3.05, 3.63) is 113 Å². The molecule has 0 N–H and O–H groups in total. The summed E-state index contributed by atoms with van der Waals surface area (Å²) < 4.78 is 119. The Balaban J connectivity index is 1.10. The van der Waals surface area contributed by atoms with Crippen LogP contribution in [0.5, 0.6) is 5.75 Å². The first-order chi connectivity index (χ1) is 26.0. The second-order valence-electron chi connectivity index (χ2n) is 14.8. The number of hydrogen-bond acceptors (Lipinski definition) is 1. The maximum absolute atomic E-state index is 15.3. The minimum Gasteiger partial charge on any atom is -0.429 e. The van der Waals surface area contributed by atoms with E-state index in [1.54, 1.807) is 6.07 Å². The van der Waals surface area contributed by atoms with Gasteiger partial charge in [0.1, 0.15) is 28.8 Å². The van der Waals surface area contributed by atoms with Gasteiger partial charge in [-0.15, -0.1) is 0 Å². The van der Waals surface area contributed by atoms with Gasteiger partial charge in [-0.1, -0.05) is 127 Å². The predicted molar refractivity (Wildman–Crippen MR) is 198 cm³/mol. The van der Waals surface area contributed by atoms with Crippen LogP contribution < -0.4 is 4.74 Å². The van der Waals surface area contributed by atoms with Gasteiger partial charge in [0.25, 0.3) is 0 Å². The number of alkyl halides is 2. The summed E-state index contributed by atoms with van der Waals surface area (Å²) >= 11 is 0. The largest absolute Gasteiger partial charge is 0.432 e. The highest BCUT2D eigenvalue weighted by Gasteiger charge is 2.41. The van der Waals surface area contributed by atoms with Crippen LogP contribution in [-0.2, 0) is 6.11 Å². The SMILES string of the molecule is CCCCCCCCCCCCCCC1CCC(c2ccc(-c3ccc(-c4cc(F)c(C(F)(F)Oc5cc(F)c(F)c(F)c5)c(F)c4)c(F)c3)cc2)CC1. The molecule has 0 heterocycles. The molecule has 54 heavy (non-hydrogen) atoms. The second kappa shape index (κ2) is 19.6. The first-order valence-electron chi connectivity index (χ1n) is 19.6. The lowest BCUT2D eigenvalue weighted by Gasteiger charge is -2.29. The average molecular weight is 759 g/mol. The van der Waals surface area contributed by atoms with Crippen LogP contribution in [0, 0.1) is 40.8 Å². The Kier molecular flexibility index (Phi) is 15.0. The van der Waals surface area contributed by atoms with Gasteiger partial charge < -0.3 is 4.74 Å². The zero-order valence-electron chi connectivity index (χ0n) is 31.0. The molecule has 0 spiro atoms. The molecule has 4 aromatic carbocycles. The number of hydrogen-bond donors (Lipinski definition) is 0. The van der Waals surface area contributed by atoms with E-state index in [0.717, 1.165) is 24.3 Å². The first kappa shape index (κ1) is 41.3. The average Bonchev–Trinajstić information content (AvgIpc) is 3.14. The van der Waals surface area contributed by atoms with E-state index in [0.29, 0.717) is 23.6 Å². The monoisotopic (exact) mass is 758 g/mol. The molecule has 0 amide bonds. The van der Waals surface area contributed by atoms with Crippen LogP contribution in [0.25, 0.3) is 22.3 Å². The van der Waals surface area contributed by atoms with Gasteiger partial charge in [-0.05, 0) is 78.0 Å². The third-order valence-electron chi connectivity index (χ3n) is 10.8. The van der Waals surface area contributed by atoms with Gasteiger partial charge in [0, 0.05) is 17.7 Å². The summed E-state index contributed by atoms with van der Waals surface area (Å²) in [5.74, 6) is -9.88. The highest BCUT2D eigenvalue weighted by molar-refractivity contribution is 5.71. The molecule has 4 aromatic rings. The molecule has 0 unspecified atom stereocenters. The van der Waals surface area contributed by atoms with Crippen LogP contribution in [0.2, 0.25) is 0 Å². The number of unbranched alkanes of at least 4 members (excludes halogenated alkanes) is 11. The molecule has 0 radical (unpaired) electrons. The van der Waals surface area contributed by atoms with Crippen molar-refractivity contribution in [2.24, 2.45) is 5.92 Å². The molecule has 0 aliphatic heterocycles. The first-order valence-corrected chi connectivity index (χ1v) is 19.6. The number of ether oxygens (including phenoxy) is 1. The van der Waals surface area contributed by atoms with E-state index in [4.69, 9.17) is 0 Å². The van der Waals surface area contributed by atoms with Crippen LogP contribution in [0.3, 0.4) is 0 Å². The van der Waals surface area contributed by atoms with Crippen molar-refractivity contribution in [3.8, 4) is 28.0 Å². The fraction of sp³-hybridized carbons (Fsp3) is 0.467. The van der Waals surface area contributed by atoms with Gasteiger partial charge in [0.15, 0.2) is 17.5 Å². The molecule has 1 aliphatic carbocycles. The van der Waals surface area contributed by atoms with Crippen LogP contribution >= 0.6 is 0 Å². The maximum atomic E-state index is 15.3. The van der Waals surface area contributed by atoms with Crippen molar-refractivity contribution in [1.82, 2.24) is 0 Å². The maximum Gasteiger partial charge on any atom is 0.432 e. The fourth-order valence-corrected chi connectivity index (χ4v) is 7.73. The Hall–Kier alpha value is -3.88. The smallest absolute Gasteiger partial charge is 0.429 e. The Bertz CT molecular complexity index is 1750. The fourth-order valence-electron chi connectivity index (χ4n) is 7.73. The molecule has 0 bridgehead atoms. The van der Waals surface area contributed by atoms with Crippen LogP contribution in [0.1, 0.15) is 133 Å². The van der Waals surface area contributed by atoms with Crippen LogP contribution in [0.4, 0.5) is 35.1 Å². The third kappa shape index (κ3) is 11.1. The van der Waals surface area contributed by atoms with Gasteiger partial charge in [-0.25, -0.2) is 26.3 Å². The Morgan fingerprint density at radius 1 is 0.537 bits per heavy atom. The topological polar surface area (TPSA) is 9.23 Å². The molecular formula is C45H50F8O. The number of halogens is 8. The number of benzene rings is 4. The lowest BCUT2D eigenvalue weighted by molar-refractivity contribution is -0.189. The second-order valence-corrected chi connectivity index (χ2v) is 14.8. The van der Waals surface area contributed by atoms with Gasteiger partial charge in [0.05, 0.1) is 0 Å². The van der Waals surface area contributed by atoms with Gasteiger partial charge in [0.2, 0.25) is 0 Å². The van der Waals surface area contributed by atoms with Gasteiger partial charge in [-0.2, -0.15) is 8.78 Å². The van der Waals surface area contributed by atoms with Crippen LogP contribution in [-0.4, -0.2) is 0 Å². The molecular weight excluding hydrogens is 708 g/mol. The zero-order valence-corrected chi connectivity index (χ0v) is 31.0. The zero-order chi connectivity index (χ0) is 38.7. The summed E-state index contributed by atoms with van der Waals surface area (Å²) in [5.41, 5.74) is 0.0973. The van der Waals surface area contributed by atoms with Crippen molar-refractivity contribution < 1.29 is 39.9 Å². The molecule has 5 rings (SSSR count). The molecule has 1 fully saturated rings. The van der Waals surface area contributed by atoms with Crippen molar-refractivity contribution in [3.63, 3.8) is 0 Å². The summed E-state index contributed by atoms with van der Waals surface area (Å²) in [5, 5.41) is 0. The Morgan fingerprint density at radius 3 is 1.57 bits per heavy atom. The summed E-state index contributed by atoms with van der Waals surface area (Å²) in [7, 11) is 0. The molecule has 292 valence electrons. The predicted octanol–water partition coefficient (Wildman–Crippen LogP) is 15.3. The van der Waals surface area contributed by atoms with E-state index in [1.165, 1.54) is 114 Å². The molecule has 1 aliphatic rings. The van der Waals surface area contributed by atoms with E-state index in [1.807, 2.05) is 12.1 Å². The lowest BCUT2D eigenvalue weighted by Crippen LogP contribution is -2.25. The van der Waals surface area contributed by atoms with Crippen LogP contribution in [0.15, 0.2) is 66.7 Å². The van der Waals surface area contributed by atoms with Crippen molar-refractivity contribution in [1.29, 1.82) is 0 Å². The molecule has 1 saturated carbocycles. The summed E-state index contributed by atoms with van der Waals surface area (Å²) in [4.78, 5) is 0. The van der Waals surface area contributed by atoms with Crippen molar-refractivity contribution in [2.45, 2.75) is 128 Å². The molecule has 0 saturated heterocycles. The molecule has 1 nitrogen and oxygen atoms in total. The van der Waals surface area contributed by atoms with E-state index < -0.39 is 52.3 Å². The highest BCUT2D eigenvalue weighted by Crippen LogP contribution is 2.40. The van der Waals surface area contributed by atoms with Crippen molar-refractivity contribution in [2.75, 3.05) is 0 Å². The lowest BCUT2D eigenvalue weighted by atomic mass is 9.77. The Morgan fingerprint density at radius 2 is 1.04 bits per heavy atom. The molecule has 9 heteroatoms. The van der Waals surface area contributed by atoms with E-state index in [2.05, 4.69) is 23.8 Å². The normalized spacial score (nSPS) is 16.2. The van der Waals surface area contributed by atoms with E-state index in [-0.39, 0.29) is 23.3 Å². The Labute approximate surface area is 314 Å². The van der Waals surface area contributed by atoms with Crippen molar-refractivity contribution >= 4 is 0 Å². The summed E-state index contributed by atoms with van der Waals surface area (Å²) in [6.45, 7) is 2.26. The standard InChI is InChI=1S/C45H50F8O/c1-2-3-4-5-6-7-8-9-10-11-12-13-14-30-15-17-31(18-16-30)32-19-21-33(22-20-32)34-23-24-37(38(46)25-34)35-26-39(47)43(40(48)27-35)45(52,53)54-36-28-41(49)44(51)42(50)29-36/h19-31H,2-18H2,1H3. The van der Waals surface area contributed by atoms with E-state index >= 15 is 4.39 Å². The summed E-state index contributed by atoms with van der Waals surface area (Å²) in [6.07, 6.45) is 17.7. The van der Waals surface area contributed by atoms with Gasteiger partial charge >= 0.3 is 6.11 Å². The summed E-state index contributed by atoms with van der Waals surface area (Å²) in [6, 6.07) is 13.4. The van der Waals surface area contributed by atoms with E-state index in [9.17, 15) is 30.7 Å².